The van der Waals surface area contributed by atoms with Gasteiger partial charge in [0.1, 0.15) is 0 Å². The van der Waals surface area contributed by atoms with Crippen molar-refractivity contribution in [2.24, 2.45) is 11.8 Å². The van der Waals surface area contributed by atoms with Gasteiger partial charge < -0.3 is 10.8 Å². The van der Waals surface area contributed by atoms with Gasteiger partial charge in [0.15, 0.2) is 0 Å². The molecular formula is C8H18NO2+. The van der Waals surface area contributed by atoms with Gasteiger partial charge in [-0.3, -0.25) is 4.79 Å². The minimum atomic E-state index is -0.709. The van der Waals surface area contributed by atoms with Gasteiger partial charge in [0.05, 0.1) is 13.0 Å². The van der Waals surface area contributed by atoms with Crippen molar-refractivity contribution in [2.45, 2.75) is 26.7 Å². The van der Waals surface area contributed by atoms with Crippen molar-refractivity contribution in [3.8, 4) is 0 Å². The van der Waals surface area contributed by atoms with Crippen molar-refractivity contribution in [1.29, 1.82) is 0 Å². The van der Waals surface area contributed by atoms with Crippen LogP contribution < -0.4 is 5.73 Å². The third-order valence-electron chi connectivity index (χ3n) is 1.68. The Hall–Kier alpha value is -0.570. The minimum absolute atomic E-state index is 0.257. The summed E-state index contributed by atoms with van der Waals surface area (Å²) in [5.74, 6) is 0.118. The van der Waals surface area contributed by atoms with Crippen molar-refractivity contribution in [2.75, 3.05) is 6.54 Å². The maximum absolute atomic E-state index is 10.3. The molecule has 0 saturated carbocycles. The average molecular weight is 160 g/mol. The molecule has 0 rings (SSSR count). The summed E-state index contributed by atoms with van der Waals surface area (Å²) < 4.78 is 0. The molecule has 3 nitrogen and oxygen atoms in total. The third-order valence-corrected chi connectivity index (χ3v) is 1.68. The van der Waals surface area contributed by atoms with Crippen LogP contribution in [-0.2, 0) is 4.79 Å². The van der Waals surface area contributed by atoms with Gasteiger partial charge in [-0.05, 0) is 12.3 Å². The van der Waals surface area contributed by atoms with E-state index in [9.17, 15) is 4.79 Å². The van der Waals surface area contributed by atoms with Crippen LogP contribution in [0, 0.1) is 11.8 Å². The van der Waals surface area contributed by atoms with Gasteiger partial charge in [0, 0.05) is 5.92 Å². The molecular weight excluding hydrogens is 142 g/mol. The summed E-state index contributed by atoms with van der Waals surface area (Å²) in [6, 6.07) is 0. The van der Waals surface area contributed by atoms with E-state index in [2.05, 4.69) is 19.6 Å². The highest BCUT2D eigenvalue weighted by molar-refractivity contribution is 5.66. The van der Waals surface area contributed by atoms with E-state index in [1.165, 1.54) is 0 Å². The zero-order valence-electron chi connectivity index (χ0n) is 7.34. The monoisotopic (exact) mass is 160 g/mol. The minimum Gasteiger partial charge on any atom is -0.481 e. The number of rotatable bonds is 5. The third kappa shape index (κ3) is 5.85. The van der Waals surface area contributed by atoms with Crippen LogP contribution in [0.5, 0.6) is 0 Å². The largest absolute Gasteiger partial charge is 0.481 e. The molecule has 1 atom stereocenters. The van der Waals surface area contributed by atoms with Gasteiger partial charge in [-0.15, -0.1) is 0 Å². The van der Waals surface area contributed by atoms with E-state index in [0.29, 0.717) is 5.92 Å². The van der Waals surface area contributed by atoms with Crippen LogP contribution in [0.2, 0.25) is 0 Å². The summed E-state index contributed by atoms with van der Waals surface area (Å²) in [5, 5.41) is 8.50. The number of carboxylic acid groups (broad SMARTS) is 1. The standard InChI is InChI=1S/C8H17NO2/c1-6(2)3-7(5-9)4-8(10)11/h6-7H,3-5,9H2,1-2H3,(H,10,11)/p+1. The zero-order valence-corrected chi connectivity index (χ0v) is 7.34. The Morgan fingerprint density at radius 2 is 2.09 bits per heavy atom. The Kier molecular flexibility index (Phi) is 4.86. The first kappa shape index (κ1) is 10.4. The highest BCUT2D eigenvalue weighted by atomic mass is 16.4. The van der Waals surface area contributed by atoms with Crippen molar-refractivity contribution in [3.63, 3.8) is 0 Å². The number of aliphatic carboxylic acids is 1. The summed E-state index contributed by atoms with van der Waals surface area (Å²) in [5.41, 5.74) is 3.73. The van der Waals surface area contributed by atoms with Crippen molar-refractivity contribution in [1.82, 2.24) is 0 Å². The smallest absolute Gasteiger partial charge is 0.303 e. The van der Waals surface area contributed by atoms with Crippen molar-refractivity contribution < 1.29 is 15.6 Å². The number of carbonyl (C=O) groups is 1. The van der Waals surface area contributed by atoms with Crippen LogP contribution in [0.25, 0.3) is 0 Å². The molecule has 0 aliphatic heterocycles. The quantitative estimate of drug-likeness (QED) is 0.610. The van der Waals surface area contributed by atoms with Crippen LogP contribution >= 0.6 is 0 Å². The van der Waals surface area contributed by atoms with Crippen LogP contribution in [0.15, 0.2) is 0 Å². The molecule has 0 radical (unpaired) electrons. The van der Waals surface area contributed by atoms with Crippen molar-refractivity contribution in [3.05, 3.63) is 0 Å². The van der Waals surface area contributed by atoms with Crippen LogP contribution in [0.4, 0.5) is 0 Å². The van der Waals surface area contributed by atoms with Crippen molar-refractivity contribution >= 4 is 5.97 Å². The SMILES string of the molecule is CC(C)CC(C[NH3+])CC(=O)O. The fourth-order valence-corrected chi connectivity index (χ4v) is 1.22. The number of carboxylic acids is 1. The Morgan fingerprint density at radius 1 is 1.55 bits per heavy atom. The van der Waals surface area contributed by atoms with E-state index in [-0.39, 0.29) is 12.3 Å². The first-order chi connectivity index (χ1) is 5.06. The summed E-state index contributed by atoms with van der Waals surface area (Å²) in [4.78, 5) is 10.3. The van der Waals surface area contributed by atoms with Crippen LogP contribution in [0.3, 0.4) is 0 Å². The van der Waals surface area contributed by atoms with Gasteiger partial charge in [0.25, 0.3) is 0 Å². The molecule has 0 saturated heterocycles. The molecule has 0 heterocycles. The van der Waals surface area contributed by atoms with E-state index in [1.807, 2.05) is 0 Å². The van der Waals surface area contributed by atoms with E-state index >= 15 is 0 Å². The Balaban J connectivity index is 3.66. The topological polar surface area (TPSA) is 64.9 Å². The molecule has 3 heteroatoms. The summed E-state index contributed by atoms with van der Waals surface area (Å²) in [6.07, 6.45) is 1.23. The van der Waals surface area contributed by atoms with E-state index in [4.69, 9.17) is 5.11 Å². The molecule has 0 aliphatic rings. The van der Waals surface area contributed by atoms with Gasteiger partial charge in [-0.25, -0.2) is 0 Å². The second-order valence-electron chi connectivity index (χ2n) is 3.38. The fraction of sp³-hybridized carbons (Fsp3) is 0.875. The normalized spacial score (nSPS) is 13.5. The van der Waals surface area contributed by atoms with Gasteiger partial charge >= 0.3 is 5.97 Å². The lowest BCUT2D eigenvalue weighted by Crippen LogP contribution is -2.54. The average Bonchev–Trinajstić information content (AvgIpc) is 1.84. The summed E-state index contributed by atoms with van der Waals surface area (Å²) >= 11 is 0. The van der Waals surface area contributed by atoms with E-state index in [0.717, 1.165) is 13.0 Å². The van der Waals surface area contributed by atoms with Gasteiger partial charge in [-0.2, -0.15) is 0 Å². The first-order valence-corrected chi connectivity index (χ1v) is 4.07. The molecule has 0 fully saturated rings. The number of quaternary nitrogens is 1. The molecule has 11 heavy (non-hydrogen) atoms. The lowest BCUT2D eigenvalue weighted by atomic mass is 9.94. The molecule has 1 unspecified atom stereocenters. The molecule has 0 spiro atoms. The maximum atomic E-state index is 10.3. The Morgan fingerprint density at radius 3 is 2.36 bits per heavy atom. The second kappa shape index (κ2) is 5.13. The molecule has 0 bridgehead atoms. The van der Waals surface area contributed by atoms with E-state index < -0.39 is 5.97 Å². The maximum Gasteiger partial charge on any atom is 0.303 e. The van der Waals surface area contributed by atoms with Crippen LogP contribution in [-0.4, -0.2) is 17.6 Å². The molecule has 0 aliphatic carbocycles. The second-order valence-corrected chi connectivity index (χ2v) is 3.38. The molecule has 66 valence electrons. The predicted octanol–water partition coefficient (Wildman–Crippen LogP) is 0.365. The molecule has 0 aromatic carbocycles. The first-order valence-electron chi connectivity index (χ1n) is 4.07. The Bertz CT molecular complexity index is 123. The number of hydrogen-bond donors (Lipinski definition) is 2. The lowest BCUT2D eigenvalue weighted by molar-refractivity contribution is -0.379. The van der Waals surface area contributed by atoms with Crippen LogP contribution in [0.1, 0.15) is 26.7 Å². The zero-order chi connectivity index (χ0) is 8.85. The highest BCUT2D eigenvalue weighted by Crippen LogP contribution is 2.13. The summed E-state index contributed by atoms with van der Waals surface area (Å²) in [6.45, 7) is 4.93. The van der Waals surface area contributed by atoms with Gasteiger partial charge in [0.2, 0.25) is 0 Å². The lowest BCUT2D eigenvalue weighted by Gasteiger charge is -2.11. The molecule has 4 N–H and O–H groups in total. The highest BCUT2D eigenvalue weighted by Gasteiger charge is 2.14. The molecule has 0 amide bonds. The predicted molar refractivity (Wildman–Crippen MR) is 43.0 cm³/mol. The fourth-order valence-electron chi connectivity index (χ4n) is 1.22. The molecule has 0 aromatic rings. The summed E-state index contributed by atoms with van der Waals surface area (Å²) in [7, 11) is 0. The van der Waals surface area contributed by atoms with E-state index in [1.54, 1.807) is 0 Å². The number of hydrogen-bond acceptors (Lipinski definition) is 1. The molecule has 0 aromatic heterocycles. The van der Waals surface area contributed by atoms with Gasteiger partial charge in [-0.1, -0.05) is 13.8 Å². The Labute approximate surface area is 67.6 Å².